The second-order valence-electron chi connectivity index (χ2n) is 3.29. The van der Waals surface area contributed by atoms with Crippen molar-refractivity contribution in [3.05, 3.63) is 35.9 Å². The van der Waals surface area contributed by atoms with Gasteiger partial charge in [-0.2, -0.15) is 0 Å². The van der Waals surface area contributed by atoms with Gasteiger partial charge in [0, 0.05) is 6.04 Å². The first kappa shape index (κ1) is 13.9. The predicted octanol–water partition coefficient (Wildman–Crippen LogP) is 2.22. The van der Waals surface area contributed by atoms with E-state index >= 15 is 0 Å². The molecule has 0 aliphatic rings. The van der Waals surface area contributed by atoms with E-state index in [1.165, 1.54) is 0 Å². The predicted molar refractivity (Wildman–Crippen MR) is 62.0 cm³/mol. The average molecular weight is 230 g/mol. The number of hydrogen-bond donors (Lipinski definition) is 2. The maximum absolute atomic E-state index is 10.9. The minimum Gasteiger partial charge on any atom is -0.481 e. The zero-order valence-corrected chi connectivity index (χ0v) is 9.41. The molecule has 0 amide bonds. The molecule has 84 valence electrons. The number of halogens is 1. The van der Waals surface area contributed by atoms with Crippen LogP contribution in [-0.2, 0) is 4.79 Å². The van der Waals surface area contributed by atoms with Crippen LogP contribution in [0, 0.1) is 5.92 Å². The van der Waals surface area contributed by atoms with Crippen LogP contribution in [-0.4, -0.2) is 11.1 Å². The third-order valence-corrected chi connectivity index (χ3v) is 2.37. The molecular weight excluding hydrogens is 214 g/mol. The SMILES string of the molecule is CCC(C(=O)O)C(N)c1ccccc1.Cl. The van der Waals surface area contributed by atoms with Crippen LogP contribution >= 0.6 is 12.4 Å². The Bertz CT molecular complexity index is 303. The summed E-state index contributed by atoms with van der Waals surface area (Å²) in [5.74, 6) is -1.33. The summed E-state index contributed by atoms with van der Waals surface area (Å²) >= 11 is 0. The molecule has 0 aromatic heterocycles. The maximum Gasteiger partial charge on any atom is 0.308 e. The van der Waals surface area contributed by atoms with Crippen molar-refractivity contribution in [3.8, 4) is 0 Å². The van der Waals surface area contributed by atoms with Crippen LogP contribution < -0.4 is 5.73 Å². The standard InChI is InChI=1S/C11H15NO2.ClH/c1-2-9(11(13)14)10(12)8-6-4-3-5-7-8;/h3-7,9-10H,2,12H2,1H3,(H,13,14);1H. The van der Waals surface area contributed by atoms with Crippen molar-refractivity contribution in [1.29, 1.82) is 0 Å². The van der Waals surface area contributed by atoms with Crippen molar-refractivity contribution in [2.45, 2.75) is 19.4 Å². The second-order valence-corrected chi connectivity index (χ2v) is 3.29. The normalized spacial score (nSPS) is 13.7. The Kier molecular flexibility index (Phi) is 5.97. The van der Waals surface area contributed by atoms with Crippen LogP contribution in [0.25, 0.3) is 0 Å². The van der Waals surface area contributed by atoms with Crippen LogP contribution in [0.2, 0.25) is 0 Å². The molecule has 0 spiro atoms. The number of carbonyl (C=O) groups is 1. The van der Waals surface area contributed by atoms with E-state index in [-0.39, 0.29) is 12.4 Å². The van der Waals surface area contributed by atoms with Crippen LogP contribution in [0.4, 0.5) is 0 Å². The summed E-state index contributed by atoms with van der Waals surface area (Å²) in [7, 11) is 0. The zero-order chi connectivity index (χ0) is 10.6. The van der Waals surface area contributed by atoms with Crippen LogP contribution in [0.15, 0.2) is 30.3 Å². The van der Waals surface area contributed by atoms with Crippen molar-refractivity contribution < 1.29 is 9.90 Å². The molecule has 4 heteroatoms. The Morgan fingerprint density at radius 1 is 1.40 bits per heavy atom. The number of aliphatic carboxylic acids is 1. The van der Waals surface area contributed by atoms with Gasteiger partial charge >= 0.3 is 5.97 Å². The second kappa shape index (κ2) is 6.43. The fourth-order valence-electron chi connectivity index (χ4n) is 1.49. The first-order valence-electron chi connectivity index (χ1n) is 4.70. The number of carboxylic acid groups (broad SMARTS) is 1. The van der Waals surface area contributed by atoms with E-state index < -0.39 is 17.9 Å². The highest BCUT2D eigenvalue weighted by Gasteiger charge is 2.24. The van der Waals surface area contributed by atoms with Gasteiger partial charge in [-0.25, -0.2) is 0 Å². The molecule has 3 nitrogen and oxygen atoms in total. The largest absolute Gasteiger partial charge is 0.481 e. The summed E-state index contributed by atoms with van der Waals surface area (Å²) in [5.41, 5.74) is 6.75. The highest BCUT2D eigenvalue weighted by Crippen LogP contribution is 2.21. The molecule has 0 saturated carbocycles. The van der Waals surface area contributed by atoms with Gasteiger partial charge in [-0.1, -0.05) is 37.3 Å². The lowest BCUT2D eigenvalue weighted by Gasteiger charge is -2.18. The molecule has 0 bridgehead atoms. The molecule has 0 fully saturated rings. The lowest BCUT2D eigenvalue weighted by atomic mass is 9.92. The fraction of sp³-hybridized carbons (Fsp3) is 0.364. The fourth-order valence-corrected chi connectivity index (χ4v) is 1.49. The molecule has 1 rings (SSSR count). The number of rotatable bonds is 4. The summed E-state index contributed by atoms with van der Waals surface area (Å²) in [5, 5.41) is 8.92. The van der Waals surface area contributed by atoms with Gasteiger partial charge in [-0.05, 0) is 12.0 Å². The summed E-state index contributed by atoms with van der Waals surface area (Å²) in [6.45, 7) is 1.83. The van der Waals surface area contributed by atoms with E-state index in [4.69, 9.17) is 10.8 Å². The first-order chi connectivity index (χ1) is 6.66. The summed E-state index contributed by atoms with van der Waals surface area (Å²) in [6.07, 6.45) is 0.547. The Hall–Kier alpha value is -1.06. The molecule has 3 N–H and O–H groups in total. The molecule has 0 aliphatic carbocycles. The summed E-state index contributed by atoms with van der Waals surface area (Å²) < 4.78 is 0. The van der Waals surface area contributed by atoms with Gasteiger partial charge in [0.2, 0.25) is 0 Å². The molecule has 1 aromatic carbocycles. The Labute approximate surface area is 95.7 Å². The molecule has 0 saturated heterocycles. The third-order valence-electron chi connectivity index (χ3n) is 2.37. The van der Waals surface area contributed by atoms with Gasteiger partial charge in [-0.3, -0.25) is 4.79 Å². The van der Waals surface area contributed by atoms with Crippen molar-refractivity contribution >= 4 is 18.4 Å². The number of benzene rings is 1. The molecule has 15 heavy (non-hydrogen) atoms. The highest BCUT2D eigenvalue weighted by atomic mass is 35.5. The summed E-state index contributed by atoms with van der Waals surface area (Å²) in [6, 6.07) is 8.91. The molecule has 0 aliphatic heterocycles. The number of carboxylic acids is 1. The van der Waals surface area contributed by atoms with Gasteiger partial charge in [0.05, 0.1) is 5.92 Å². The van der Waals surface area contributed by atoms with E-state index in [0.29, 0.717) is 6.42 Å². The molecule has 0 radical (unpaired) electrons. The van der Waals surface area contributed by atoms with Gasteiger partial charge in [0.1, 0.15) is 0 Å². The van der Waals surface area contributed by atoms with Crippen LogP contribution in [0.5, 0.6) is 0 Å². The van der Waals surface area contributed by atoms with E-state index in [2.05, 4.69) is 0 Å². The topological polar surface area (TPSA) is 63.3 Å². The first-order valence-corrected chi connectivity index (χ1v) is 4.70. The van der Waals surface area contributed by atoms with Crippen molar-refractivity contribution in [2.75, 3.05) is 0 Å². The van der Waals surface area contributed by atoms with Crippen LogP contribution in [0.3, 0.4) is 0 Å². The maximum atomic E-state index is 10.9. The monoisotopic (exact) mass is 229 g/mol. The van der Waals surface area contributed by atoms with Crippen molar-refractivity contribution in [3.63, 3.8) is 0 Å². The Morgan fingerprint density at radius 3 is 2.33 bits per heavy atom. The molecule has 2 unspecified atom stereocenters. The van der Waals surface area contributed by atoms with Crippen molar-refractivity contribution in [2.24, 2.45) is 11.7 Å². The Morgan fingerprint density at radius 2 is 1.93 bits per heavy atom. The minimum atomic E-state index is -0.830. The molecule has 2 atom stereocenters. The number of nitrogens with two attached hydrogens (primary N) is 1. The van der Waals surface area contributed by atoms with Crippen molar-refractivity contribution in [1.82, 2.24) is 0 Å². The van der Waals surface area contributed by atoms with Gasteiger partial charge in [0.25, 0.3) is 0 Å². The van der Waals surface area contributed by atoms with E-state index in [9.17, 15) is 4.79 Å². The molecule has 0 heterocycles. The van der Waals surface area contributed by atoms with E-state index in [1.54, 1.807) is 0 Å². The lowest BCUT2D eigenvalue weighted by molar-refractivity contribution is -0.142. The average Bonchev–Trinajstić information content (AvgIpc) is 2.19. The van der Waals surface area contributed by atoms with E-state index in [0.717, 1.165) is 5.56 Å². The van der Waals surface area contributed by atoms with E-state index in [1.807, 2.05) is 37.3 Å². The number of hydrogen-bond acceptors (Lipinski definition) is 2. The summed E-state index contributed by atoms with van der Waals surface area (Å²) in [4.78, 5) is 10.9. The van der Waals surface area contributed by atoms with Gasteiger partial charge in [0.15, 0.2) is 0 Å². The third kappa shape index (κ3) is 3.53. The quantitative estimate of drug-likeness (QED) is 0.832. The minimum absolute atomic E-state index is 0. The highest BCUT2D eigenvalue weighted by molar-refractivity contribution is 5.85. The van der Waals surface area contributed by atoms with Gasteiger partial charge < -0.3 is 10.8 Å². The lowest BCUT2D eigenvalue weighted by Crippen LogP contribution is -2.27. The Balaban J connectivity index is 0.00000196. The van der Waals surface area contributed by atoms with Gasteiger partial charge in [-0.15, -0.1) is 12.4 Å². The molecule has 1 aromatic rings. The smallest absolute Gasteiger partial charge is 0.308 e. The zero-order valence-electron chi connectivity index (χ0n) is 8.59. The molecular formula is C11H16ClNO2. The van der Waals surface area contributed by atoms with Crippen LogP contribution in [0.1, 0.15) is 24.9 Å².